The summed E-state index contributed by atoms with van der Waals surface area (Å²) in [5.74, 6) is 0.613. The lowest BCUT2D eigenvalue weighted by molar-refractivity contribution is -0.125. The maximum absolute atomic E-state index is 12.7. The van der Waals surface area contributed by atoms with Crippen LogP contribution in [0.1, 0.15) is 25.2 Å². The van der Waals surface area contributed by atoms with Gasteiger partial charge in [0.2, 0.25) is 5.91 Å². The standard InChI is InChI=1S/C21H19BrClNO2/c1-3-24(4-2)21(25)13-18(14-5-8-17(23)9-6-14)20-12-15-11-16(22)7-10-19(15)26-20/h5-13H,3-4H2,1-2H3. The Balaban J connectivity index is 2.12. The van der Waals surface area contributed by atoms with Crippen LogP contribution in [0.15, 0.2) is 63.5 Å². The second-order valence-electron chi connectivity index (χ2n) is 5.87. The summed E-state index contributed by atoms with van der Waals surface area (Å²) in [5.41, 5.74) is 2.40. The number of furan rings is 1. The Hall–Kier alpha value is -2.04. The van der Waals surface area contributed by atoms with Gasteiger partial charge in [-0.3, -0.25) is 4.79 Å². The van der Waals surface area contributed by atoms with E-state index in [0.717, 1.165) is 26.6 Å². The molecule has 0 spiro atoms. The number of hydrogen-bond donors (Lipinski definition) is 0. The van der Waals surface area contributed by atoms with Crippen molar-refractivity contribution in [1.29, 1.82) is 0 Å². The van der Waals surface area contributed by atoms with Gasteiger partial charge in [0.25, 0.3) is 0 Å². The van der Waals surface area contributed by atoms with E-state index >= 15 is 0 Å². The third-order valence-corrected chi connectivity index (χ3v) is 4.99. The van der Waals surface area contributed by atoms with Crippen molar-refractivity contribution in [3.05, 3.63) is 75.4 Å². The van der Waals surface area contributed by atoms with Crippen LogP contribution in [0.2, 0.25) is 5.02 Å². The van der Waals surface area contributed by atoms with E-state index < -0.39 is 0 Å². The number of nitrogens with zero attached hydrogens (tertiary/aromatic N) is 1. The Bertz CT molecular complexity index is 956. The van der Waals surface area contributed by atoms with Crippen molar-refractivity contribution >= 4 is 50.0 Å². The third-order valence-electron chi connectivity index (χ3n) is 4.24. The zero-order valence-electron chi connectivity index (χ0n) is 14.6. The van der Waals surface area contributed by atoms with Gasteiger partial charge in [-0.15, -0.1) is 0 Å². The van der Waals surface area contributed by atoms with Crippen LogP contribution in [0.3, 0.4) is 0 Å². The molecule has 3 aromatic rings. The summed E-state index contributed by atoms with van der Waals surface area (Å²) in [6.07, 6.45) is 1.64. The summed E-state index contributed by atoms with van der Waals surface area (Å²) in [6.45, 7) is 5.26. The Morgan fingerprint density at radius 2 is 1.81 bits per heavy atom. The minimum Gasteiger partial charge on any atom is -0.456 e. The Morgan fingerprint density at radius 3 is 2.46 bits per heavy atom. The van der Waals surface area contributed by atoms with Gasteiger partial charge in [-0.05, 0) is 55.8 Å². The Morgan fingerprint density at radius 1 is 1.12 bits per heavy atom. The van der Waals surface area contributed by atoms with Crippen LogP contribution in [0, 0.1) is 0 Å². The Labute approximate surface area is 166 Å². The molecule has 1 aromatic heterocycles. The molecule has 3 rings (SSSR count). The van der Waals surface area contributed by atoms with Crippen LogP contribution in [0.25, 0.3) is 16.5 Å². The first-order valence-corrected chi connectivity index (χ1v) is 9.65. The molecule has 0 unspecified atom stereocenters. The molecular weight excluding hydrogens is 414 g/mol. The van der Waals surface area contributed by atoms with Crippen molar-refractivity contribution in [2.75, 3.05) is 13.1 Å². The number of likely N-dealkylation sites (N-methyl/N-ethyl adjacent to an activating group) is 1. The smallest absolute Gasteiger partial charge is 0.247 e. The number of amides is 1. The lowest BCUT2D eigenvalue weighted by Gasteiger charge is -2.17. The molecule has 3 nitrogen and oxygen atoms in total. The van der Waals surface area contributed by atoms with E-state index in [-0.39, 0.29) is 5.91 Å². The molecule has 0 saturated carbocycles. The molecule has 0 radical (unpaired) electrons. The summed E-state index contributed by atoms with van der Waals surface area (Å²) in [4.78, 5) is 14.4. The first kappa shape index (κ1) is 18.7. The minimum atomic E-state index is -0.0402. The van der Waals surface area contributed by atoms with Gasteiger partial charge in [0.15, 0.2) is 0 Å². The second kappa shape index (κ2) is 8.11. The fraction of sp³-hybridized carbons (Fsp3) is 0.190. The van der Waals surface area contributed by atoms with Gasteiger partial charge in [0.1, 0.15) is 11.3 Å². The monoisotopic (exact) mass is 431 g/mol. The largest absolute Gasteiger partial charge is 0.456 e. The zero-order valence-corrected chi connectivity index (χ0v) is 17.0. The van der Waals surface area contributed by atoms with Gasteiger partial charge < -0.3 is 9.32 Å². The lowest BCUT2D eigenvalue weighted by Crippen LogP contribution is -2.29. The molecule has 2 aromatic carbocycles. The molecule has 1 heterocycles. The number of rotatable bonds is 5. The molecule has 0 aliphatic heterocycles. The molecule has 26 heavy (non-hydrogen) atoms. The molecule has 1 amide bonds. The summed E-state index contributed by atoms with van der Waals surface area (Å²) in [7, 11) is 0. The Kier molecular flexibility index (Phi) is 5.84. The number of fused-ring (bicyclic) bond motifs is 1. The highest BCUT2D eigenvalue weighted by atomic mass is 79.9. The fourth-order valence-corrected chi connectivity index (χ4v) is 3.33. The van der Waals surface area contributed by atoms with Gasteiger partial charge in [-0.25, -0.2) is 0 Å². The van der Waals surface area contributed by atoms with Crippen molar-refractivity contribution in [2.24, 2.45) is 0 Å². The van der Waals surface area contributed by atoms with E-state index in [0.29, 0.717) is 23.9 Å². The SMILES string of the molecule is CCN(CC)C(=O)C=C(c1ccc(Cl)cc1)c1cc2cc(Br)ccc2o1. The van der Waals surface area contributed by atoms with E-state index in [1.165, 1.54) is 0 Å². The number of carbonyl (C=O) groups is 1. The van der Waals surface area contributed by atoms with Crippen LogP contribution in [-0.4, -0.2) is 23.9 Å². The third kappa shape index (κ3) is 4.02. The van der Waals surface area contributed by atoms with Crippen molar-refractivity contribution in [3.8, 4) is 0 Å². The quantitative estimate of drug-likeness (QED) is 0.453. The molecule has 0 fully saturated rings. The van der Waals surface area contributed by atoms with Crippen molar-refractivity contribution in [3.63, 3.8) is 0 Å². The summed E-state index contributed by atoms with van der Waals surface area (Å²) >= 11 is 9.50. The molecule has 134 valence electrons. The summed E-state index contributed by atoms with van der Waals surface area (Å²) in [5, 5.41) is 1.63. The first-order valence-electron chi connectivity index (χ1n) is 8.47. The summed E-state index contributed by atoms with van der Waals surface area (Å²) in [6, 6.07) is 15.2. The lowest BCUT2D eigenvalue weighted by atomic mass is 10.0. The summed E-state index contributed by atoms with van der Waals surface area (Å²) < 4.78 is 7.01. The van der Waals surface area contributed by atoms with Gasteiger partial charge in [0.05, 0.1) is 0 Å². The number of hydrogen-bond acceptors (Lipinski definition) is 2. The van der Waals surface area contributed by atoms with Crippen LogP contribution in [0.5, 0.6) is 0 Å². The molecule has 0 aliphatic carbocycles. The first-order chi connectivity index (χ1) is 12.5. The van der Waals surface area contributed by atoms with Gasteiger partial charge in [0, 0.05) is 39.6 Å². The van der Waals surface area contributed by atoms with Crippen LogP contribution in [0.4, 0.5) is 0 Å². The van der Waals surface area contributed by atoms with Gasteiger partial charge in [-0.2, -0.15) is 0 Å². The molecule has 0 N–H and O–H groups in total. The van der Waals surface area contributed by atoms with Crippen LogP contribution >= 0.6 is 27.5 Å². The second-order valence-corrected chi connectivity index (χ2v) is 7.22. The van der Waals surface area contributed by atoms with Crippen molar-refractivity contribution < 1.29 is 9.21 Å². The highest BCUT2D eigenvalue weighted by Gasteiger charge is 2.15. The fourth-order valence-electron chi connectivity index (χ4n) is 2.82. The molecule has 0 bridgehead atoms. The maximum atomic E-state index is 12.7. The van der Waals surface area contributed by atoms with E-state index in [4.69, 9.17) is 16.0 Å². The van der Waals surface area contributed by atoms with E-state index in [1.807, 2.05) is 62.4 Å². The van der Waals surface area contributed by atoms with Crippen LogP contribution < -0.4 is 0 Å². The topological polar surface area (TPSA) is 33.5 Å². The van der Waals surface area contributed by atoms with E-state index in [9.17, 15) is 4.79 Å². The zero-order chi connectivity index (χ0) is 18.7. The molecule has 0 saturated heterocycles. The minimum absolute atomic E-state index is 0.0402. The highest BCUT2D eigenvalue weighted by Crippen LogP contribution is 2.31. The molecule has 0 aliphatic rings. The predicted molar refractivity (Wildman–Crippen MR) is 110 cm³/mol. The number of carbonyl (C=O) groups excluding carboxylic acids is 1. The van der Waals surface area contributed by atoms with Crippen LogP contribution in [-0.2, 0) is 4.79 Å². The average Bonchev–Trinajstić information content (AvgIpc) is 3.04. The normalized spacial score (nSPS) is 11.8. The maximum Gasteiger partial charge on any atom is 0.247 e. The van der Waals surface area contributed by atoms with Crippen molar-refractivity contribution in [2.45, 2.75) is 13.8 Å². The predicted octanol–water partition coefficient (Wildman–Crippen LogP) is 6.15. The van der Waals surface area contributed by atoms with E-state index in [2.05, 4.69) is 15.9 Å². The molecule has 0 atom stereocenters. The highest BCUT2D eigenvalue weighted by molar-refractivity contribution is 9.10. The number of benzene rings is 2. The number of halogens is 2. The van der Waals surface area contributed by atoms with Crippen molar-refractivity contribution in [1.82, 2.24) is 4.90 Å². The van der Waals surface area contributed by atoms with Gasteiger partial charge >= 0.3 is 0 Å². The molecule has 5 heteroatoms. The van der Waals surface area contributed by atoms with Gasteiger partial charge in [-0.1, -0.05) is 39.7 Å². The average molecular weight is 433 g/mol. The molecular formula is C21H19BrClNO2. The van der Waals surface area contributed by atoms with E-state index in [1.54, 1.807) is 11.0 Å².